The number of carbonyl (C=O) groups is 3. The van der Waals surface area contributed by atoms with Gasteiger partial charge < -0.3 is 20.0 Å². The minimum absolute atomic E-state index is 0.0195. The summed E-state index contributed by atoms with van der Waals surface area (Å²) in [6, 6.07) is 4.94. The number of hydrogen-bond donors (Lipinski definition) is 2. The van der Waals surface area contributed by atoms with Gasteiger partial charge in [-0.05, 0) is 43.9 Å². The van der Waals surface area contributed by atoms with Crippen LogP contribution in [0, 0.1) is 5.92 Å². The molecule has 0 atom stereocenters. The van der Waals surface area contributed by atoms with Gasteiger partial charge in [0.05, 0.1) is 10.4 Å². The molecule has 0 aromatic carbocycles. The summed E-state index contributed by atoms with van der Waals surface area (Å²) in [5.74, 6) is -0.684. The van der Waals surface area contributed by atoms with E-state index < -0.39 is 5.91 Å². The summed E-state index contributed by atoms with van der Waals surface area (Å²) in [6.45, 7) is 1.54. The van der Waals surface area contributed by atoms with Crippen molar-refractivity contribution in [2.45, 2.75) is 38.6 Å². The first-order chi connectivity index (χ1) is 15.8. The Morgan fingerprint density at radius 3 is 2.52 bits per heavy atom. The van der Waals surface area contributed by atoms with Gasteiger partial charge in [0, 0.05) is 44.5 Å². The summed E-state index contributed by atoms with van der Waals surface area (Å²) < 4.78 is 5.76. The summed E-state index contributed by atoms with van der Waals surface area (Å²) in [4.78, 5) is 47.5. The Hall–Kier alpha value is -3.46. The van der Waals surface area contributed by atoms with E-state index in [0.29, 0.717) is 34.7 Å². The van der Waals surface area contributed by atoms with Crippen LogP contribution in [0.4, 0.5) is 11.5 Å². The number of pyridine rings is 2. The van der Waals surface area contributed by atoms with Gasteiger partial charge in [0.25, 0.3) is 5.91 Å². The van der Waals surface area contributed by atoms with Crippen LogP contribution in [0.1, 0.15) is 43.2 Å². The van der Waals surface area contributed by atoms with Gasteiger partial charge >= 0.3 is 0 Å². The quantitative estimate of drug-likeness (QED) is 0.580. The largest absolute Gasteiger partial charge is 0.448 e. The number of rotatable bonds is 5. The van der Waals surface area contributed by atoms with E-state index in [2.05, 4.69) is 20.6 Å². The first-order valence-corrected chi connectivity index (χ1v) is 11.0. The first-order valence-electron chi connectivity index (χ1n) is 10.7. The zero-order chi connectivity index (χ0) is 23.5. The molecule has 0 aliphatic heterocycles. The monoisotopic (exact) mass is 469 g/mol. The number of amides is 3. The molecule has 1 aliphatic rings. The molecular formula is C23H24ClN5O4. The number of halogens is 1. The van der Waals surface area contributed by atoms with Gasteiger partial charge in [-0.15, -0.1) is 0 Å². The average molecular weight is 470 g/mol. The molecule has 3 aromatic heterocycles. The number of fused-ring (bicyclic) bond motifs is 1. The van der Waals surface area contributed by atoms with Crippen molar-refractivity contribution in [1.29, 1.82) is 0 Å². The number of furan rings is 1. The van der Waals surface area contributed by atoms with Crippen molar-refractivity contribution in [3.05, 3.63) is 47.6 Å². The van der Waals surface area contributed by atoms with Gasteiger partial charge in [0.15, 0.2) is 0 Å². The summed E-state index contributed by atoms with van der Waals surface area (Å²) in [5.41, 5.74) is 0.707. The Labute approximate surface area is 195 Å². The van der Waals surface area contributed by atoms with Crippen LogP contribution in [0.2, 0.25) is 5.02 Å². The third kappa shape index (κ3) is 4.98. The molecule has 0 saturated heterocycles. The highest BCUT2D eigenvalue weighted by Gasteiger charge is 2.31. The van der Waals surface area contributed by atoms with Crippen LogP contribution in [-0.4, -0.2) is 45.7 Å². The van der Waals surface area contributed by atoms with Crippen molar-refractivity contribution in [3.8, 4) is 0 Å². The molecule has 0 bridgehead atoms. The molecule has 3 aromatic rings. The highest BCUT2D eigenvalue weighted by molar-refractivity contribution is 6.30. The lowest BCUT2D eigenvalue weighted by molar-refractivity contribution is -0.130. The van der Waals surface area contributed by atoms with Crippen molar-refractivity contribution in [3.63, 3.8) is 0 Å². The van der Waals surface area contributed by atoms with Gasteiger partial charge in [0.2, 0.25) is 17.6 Å². The van der Waals surface area contributed by atoms with E-state index in [9.17, 15) is 14.4 Å². The Kier molecular flexibility index (Phi) is 6.60. The number of aromatic nitrogens is 2. The molecule has 1 saturated carbocycles. The second kappa shape index (κ2) is 9.58. The van der Waals surface area contributed by atoms with Crippen molar-refractivity contribution in [2.75, 3.05) is 17.7 Å². The van der Waals surface area contributed by atoms with Crippen LogP contribution in [0.25, 0.3) is 11.0 Å². The molecule has 0 unspecified atom stereocenters. The first kappa shape index (κ1) is 22.7. The minimum atomic E-state index is -0.553. The Morgan fingerprint density at radius 1 is 1.09 bits per heavy atom. The number of carbonyl (C=O) groups excluding carboxylic acids is 3. The van der Waals surface area contributed by atoms with Crippen LogP contribution < -0.4 is 10.6 Å². The molecule has 1 aliphatic carbocycles. The van der Waals surface area contributed by atoms with Gasteiger partial charge in [-0.3, -0.25) is 19.4 Å². The second-order valence-electron chi connectivity index (χ2n) is 8.12. The molecule has 172 valence electrons. The van der Waals surface area contributed by atoms with Crippen molar-refractivity contribution in [2.24, 2.45) is 5.92 Å². The molecule has 1 fully saturated rings. The molecule has 0 spiro atoms. The Bertz CT molecular complexity index is 1190. The lowest BCUT2D eigenvalue weighted by Gasteiger charge is -2.33. The van der Waals surface area contributed by atoms with Gasteiger partial charge in [-0.25, -0.2) is 4.98 Å². The lowest BCUT2D eigenvalue weighted by atomic mass is 9.84. The summed E-state index contributed by atoms with van der Waals surface area (Å²) >= 11 is 5.85. The van der Waals surface area contributed by atoms with Gasteiger partial charge in [-0.1, -0.05) is 11.6 Å². The zero-order valence-corrected chi connectivity index (χ0v) is 19.1. The minimum Gasteiger partial charge on any atom is -0.448 e. The fourth-order valence-electron chi connectivity index (χ4n) is 4.06. The third-order valence-electron chi connectivity index (χ3n) is 6.02. The standard InChI is InChI=1S/C23H24ClN5O4/c1-13(30)29(2)16-6-3-14(4-7-16)22(31)28-20-17-12-25-10-9-18(17)33-21(20)23(32)27-19-8-5-15(24)11-26-19/h5,8-12,14,16H,3-4,6-7H2,1-2H3,(H,28,31)(H,26,27,32). The van der Waals surface area contributed by atoms with E-state index in [1.54, 1.807) is 49.5 Å². The summed E-state index contributed by atoms with van der Waals surface area (Å²) in [7, 11) is 1.79. The van der Waals surface area contributed by atoms with Crippen LogP contribution in [0.3, 0.4) is 0 Å². The van der Waals surface area contributed by atoms with Crippen LogP contribution in [-0.2, 0) is 9.59 Å². The number of nitrogens with zero attached hydrogens (tertiary/aromatic N) is 3. The number of anilines is 2. The van der Waals surface area contributed by atoms with Gasteiger partial charge in [0.1, 0.15) is 17.1 Å². The Morgan fingerprint density at radius 2 is 1.85 bits per heavy atom. The lowest BCUT2D eigenvalue weighted by Crippen LogP contribution is -2.40. The maximum absolute atomic E-state index is 13.1. The van der Waals surface area contributed by atoms with Gasteiger partial charge in [-0.2, -0.15) is 0 Å². The van der Waals surface area contributed by atoms with Crippen LogP contribution in [0.15, 0.2) is 41.2 Å². The van der Waals surface area contributed by atoms with Crippen LogP contribution >= 0.6 is 11.6 Å². The van der Waals surface area contributed by atoms with E-state index >= 15 is 0 Å². The van der Waals surface area contributed by atoms with E-state index in [1.165, 1.54) is 6.20 Å². The second-order valence-corrected chi connectivity index (χ2v) is 8.55. The zero-order valence-electron chi connectivity index (χ0n) is 18.3. The number of nitrogens with one attached hydrogen (secondary N) is 2. The molecule has 9 nitrogen and oxygen atoms in total. The maximum atomic E-state index is 13.1. The van der Waals surface area contributed by atoms with E-state index in [0.717, 1.165) is 12.8 Å². The molecule has 10 heteroatoms. The van der Waals surface area contributed by atoms with E-state index in [-0.39, 0.29) is 35.2 Å². The maximum Gasteiger partial charge on any atom is 0.294 e. The molecule has 3 amide bonds. The third-order valence-corrected chi connectivity index (χ3v) is 6.25. The topological polar surface area (TPSA) is 117 Å². The number of hydrogen-bond acceptors (Lipinski definition) is 6. The molecule has 4 rings (SSSR count). The van der Waals surface area contributed by atoms with E-state index in [1.807, 2.05) is 0 Å². The normalized spacial score (nSPS) is 18.0. The van der Waals surface area contributed by atoms with E-state index in [4.69, 9.17) is 16.0 Å². The summed E-state index contributed by atoms with van der Waals surface area (Å²) in [5, 5.41) is 6.52. The highest BCUT2D eigenvalue weighted by atomic mass is 35.5. The average Bonchev–Trinajstić information content (AvgIpc) is 3.18. The van der Waals surface area contributed by atoms with Crippen molar-refractivity contribution >= 4 is 51.8 Å². The molecule has 33 heavy (non-hydrogen) atoms. The highest BCUT2D eigenvalue weighted by Crippen LogP contribution is 2.33. The molecule has 0 radical (unpaired) electrons. The smallest absolute Gasteiger partial charge is 0.294 e. The van der Waals surface area contributed by atoms with Crippen molar-refractivity contribution < 1.29 is 18.8 Å². The SMILES string of the molecule is CC(=O)N(C)C1CCC(C(=O)Nc2c(C(=O)Nc3ccc(Cl)cn3)oc3ccncc23)CC1. The molecular weight excluding hydrogens is 446 g/mol. The molecule has 2 N–H and O–H groups in total. The summed E-state index contributed by atoms with van der Waals surface area (Å²) in [6.07, 6.45) is 7.31. The fraction of sp³-hybridized carbons (Fsp3) is 0.348. The van der Waals surface area contributed by atoms with Crippen LogP contribution in [0.5, 0.6) is 0 Å². The molecule has 3 heterocycles. The van der Waals surface area contributed by atoms with Crippen molar-refractivity contribution in [1.82, 2.24) is 14.9 Å². The Balaban J connectivity index is 1.52. The predicted molar refractivity (Wildman–Crippen MR) is 124 cm³/mol. The fourth-order valence-corrected chi connectivity index (χ4v) is 4.17. The predicted octanol–water partition coefficient (Wildman–Crippen LogP) is 4.10.